The maximum Gasteiger partial charge on any atom is 0.241 e. The first-order valence-corrected chi connectivity index (χ1v) is 11.7. The Bertz CT molecular complexity index is 823. The normalized spacial score (nSPS) is 20.2. The quantitative estimate of drug-likeness (QED) is 0.720. The number of benzene rings is 1. The number of hydrogen-bond acceptors (Lipinski definition) is 5. The molecule has 1 aromatic carbocycles. The molecule has 10 heteroatoms. The van der Waals surface area contributed by atoms with E-state index in [9.17, 15) is 17.6 Å². The largest absolute Gasteiger partial charge is 0.381 e. The molecular weight excluding hydrogens is 421 g/mol. The van der Waals surface area contributed by atoms with Gasteiger partial charge in [0, 0.05) is 39.3 Å². The van der Waals surface area contributed by atoms with Crippen LogP contribution in [0.4, 0.5) is 4.39 Å². The molecular formula is C19H27ClFN3O4S. The van der Waals surface area contributed by atoms with Crippen LogP contribution in [0.2, 0.25) is 5.02 Å². The lowest BCUT2D eigenvalue weighted by molar-refractivity contribution is -0.131. The molecule has 0 aromatic heterocycles. The highest BCUT2D eigenvalue weighted by atomic mass is 35.5. The van der Waals surface area contributed by atoms with Crippen molar-refractivity contribution in [3.8, 4) is 0 Å². The number of sulfonamides is 1. The minimum absolute atomic E-state index is 0.171. The monoisotopic (exact) mass is 447 g/mol. The molecule has 29 heavy (non-hydrogen) atoms. The molecule has 0 spiro atoms. The van der Waals surface area contributed by atoms with E-state index in [-0.39, 0.29) is 22.4 Å². The van der Waals surface area contributed by atoms with Crippen molar-refractivity contribution in [1.29, 1.82) is 0 Å². The molecule has 0 aliphatic carbocycles. The van der Waals surface area contributed by atoms with Gasteiger partial charge < -0.3 is 14.5 Å². The van der Waals surface area contributed by atoms with Gasteiger partial charge in [0.05, 0.1) is 22.6 Å². The van der Waals surface area contributed by atoms with Gasteiger partial charge in [-0.3, -0.25) is 4.79 Å². The van der Waals surface area contributed by atoms with Gasteiger partial charge in [0.2, 0.25) is 15.9 Å². The zero-order valence-electron chi connectivity index (χ0n) is 16.4. The second kappa shape index (κ2) is 9.70. The van der Waals surface area contributed by atoms with Crippen LogP contribution in [-0.2, 0) is 19.6 Å². The van der Waals surface area contributed by atoms with Crippen LogP contribution in [-0.4, -0.2) is 76.1 Å². The summed E-state index contributed by atoms with van der Waals surface area (Å²) in [7, 11) is -2.18. The zero-order chi connectivity index (χ0) is 21.0. The van der Waals surface area contributed by atoms with E-state index in [1.165, 1.54) is 0 Å². The second-order valence-corrected chi connectivity index (χ2v) is 9.66. The van der Waals surface area contributed by atoms with Crippen molar-refractivity contribution in [2.24, 2.45) is 0 Å². The molecule has 0 radical (unpaired) electrons. The summed E-state index contributed by atoms with van der Waals surface area (Å²) in [5.74, 6) is -0.964. The van der Waals surface area contributed by atoms with Crippen molar-refractivity contribution in [2.45, 2.75) is 42.7 Å². The third-order valence-electron chi connectivity index (χ3n) is 5.76. The molecule has 2 aliphatic rings. The van der Waals surface area contributed by atoms with Gasteiger partial charge in [-0.05, 0) is 43.9 Å². The molecule has 2 fully saturated rings. The lowest BCUT2D eigenvalue weighted by Crippen LogP contribution is -2.51. The molecule has 3 rings (SSSR count). The number of likely N-dealkylation sites (tertiary alicyclic amines) is 2. The average molecular weight is 448 g/mol. The van der Waals surface area contributed by atoms with Gasteiger partial charge in [-0.15, -0.1) is 0 Å². The topological polar surface area (TPSA) is 79.0 Å². The number of hydrogen-bond donors (Lipinski definition) is 1. The third kappa shape index (κ3) is 5.67. The molecule has 162 valence electrons. The molecule has 0 unspecified atom stereocenters. The number of carbonyl (C=O) groups excluding carboxylic acids is 1. The average Bonchev–Trinajstić information content (AvgIpc) is 2.74. The molecule has 1 amide bonds. The predicted octanol–water partition coefficient (Wildman–Crippen LogP) is 1.86. The molecule has 1 N–H and O–H groups in total. The summed E-state index contributed by atoms with van der Waals surface area (Å²) < 4.78 is 45.5. The number of rotatable bonds is 6. The molecule has 0 bridgehead atoms. The Morgan fingerprint density at radius 2 is 1.86 bits per heavy atom. The molecule has 1 aromatic rings. The van der Waals surface area contributed by atoms with Crippen molar-refractivity contribution in [3.05, 3.63) is 29.0 Å². The Morgan fingerprint density at radius 1 is 1.21 bits per heavy atom. The van der Waals surface area contributed by atoms with Crippen LogP contribution in [0.5, 0.6) is 0 Å². The summed E-state index contributed by atoms with van der Waals surface area (Å²) in [5, 5.41) is -0.282. The SMILES string of the molecule is COC1CCN(C2CCN(C(=O)CNS(=O)(=O)c3ccc(F)c(Cl)c3)CC2)CC1. The first-order valence-electron chi connectivity index (χ1n) is 9.79. The number of amides is 1. The summed E-state index contributed by atoms with van der Waals surface area (Å²) in [6.45, 7) is 2.91. The van der Waals surface area contributed by atoms with Gasteiger partial charge in [-0.2, -0.15) is 0 Å². The molecule has 7 nitrogen and oxygen atoms in total. The number of nitrogens with zero attached hydrogens (tertiary/aromatic N) is 2. The summed E-state index contributed by atoms with van der Waals surface area (Å²) in [4.78, 5) is 16.4. The fraction of sp³-hybridized carbons (Fsp3) is 0.632. The fourth-order valence-corrected chi connectivity index (χ4v) is 5.20. The lowest BCUT2D eigenvalue weighted by Gasteiger charge is -2.41. The number of halogens is 2. The first kappa shape index (κ1) is 22.4. The number of piperidine rings is 2. The van der Waals surface area contributed by atoms with Crippen LogP contribution < -0.4 is 4.72 Å². The van der Waals surface area contributed by atoms with Gasteiger partial charge >= 0.3 is 0 Å². The summed E-state index contributed by atoms with van der Waals surface area (Å²) in [6, 6.07) is 3.59. The third-order valence-corrected chi connectivity index (χ3v) is 7.45. The van der Waals surface area contributed by atoms with Crippen LogP contribution >= 0.6 is 11.6 Å². The van der Waals surface area contributed by atoms with Crippen LogP contribution in [0.1, 0.15) is 25.7 Å². The van der Waals surface area contributed by atoms with Crippen molar-refractivity contribution >= 4 is 27.5 Å². The highest BCUT2D eigenvalue weighted by molar-refractivity contribution is 7.89. The van der Waals surface area contributed by atoms with E-state index >= 15 is 0 Å². The summed E-state index contributed by atoms with van der Waals surface area (Å²) in [6.07, 6.45) is 4.17. The minimum atomic E-state index is -3.94. The molecule has 2 heterocycles. The Morgan fingerprint density at radius 3 is 2.45 bits per heavy atom. The fourth-order valence-electron chi connectivity index (χ4n) is 3.95. The number of nitrogens with one attached hydrogen (secondary N) is 1. The van der Waals surface area contributed by atoms with E-state index in [1.807, 2.05) is 0 Å². The van der Waals surface area contributed by atoms with Crippen molar-refractivity contribution < 1.29 is 22.3 Å². The van der Waals surface area contributed by atoms with Crippen LogP contribution in [0.15, 0.2) is 23.1 Å². The Hall–Kier alpha value is -1.26. The molecule has 2 saturated heterocycles. The van der Waals surface area contributed by atoms with Gasteiger partial charge in [0.25, 0.3) is 0 Å². The zero-order valence-corrected chi connectivity index (χ0v) is 18.0. The van der Waals surface area contributed by atoms with Gasteiger partial charge in [-0.25, -0.2) is 17.5 Å². The Kier molecular flexibility index (Phi) is 7.50. The lowest BCUT2D eigenvalue weighted by atomic mass is 9.99. The smallest absolute Gasteiger partial charge is 0.241 e. The van der Waals surface area contributed by atoms with E-state index in [1.54, 1.807) is 12.0 Å². The second-order valence-electron chi connectivity index (χ2n) is 7.48. The van der Waals surface area contributed by atoms with Crippen molar-refractivity contribution in [3.63, 3.8) is 0 Å². The number of carbonyl (C=O) groups is 1. The van der Waals surface area contributed by atoms with Crippen LogP contribution in [0.25, 0.3) is 0 Å². The van der Waals surface area contributed by atoms with E-state index < -0.39 is 15.8 Å². The summed E-state index contributed by atoms with van der Waals surface area (Å²) >= 11 is 5.64. The van der Waals surface area contributed by atoms with Crippen LogP contribution in [0.3, 0.4) is 0 Å². The number of ether oxygens (including phenoxy) is 1. The maximum atomic E-state index is 13.2. The van der Waals surface area contributed by atoms with E-state index in [0.29, 0.717) is 25.2 Å². The molecule has 2 aliphatic heterocycles. The van der Waals surface area contributed by atoms with Crippen molar-refractivity contribution in [2.75, 3.05) is 39.8 Å². The predicted molar refractivity (Wildman–Crippen MR) is 108 cm³/mol. The maximum absolute atomic E-state index is 13.2. The highest BCUT2D eigenvalue weighted by Gasteiger charge is 2.30. The van der Waals surface area contributed by atoms with Gasteiger partial charge in [0.15, 0.2) is 0 Å². The van der Waals surface area contributed by atoms with Gasteiger partial charge in [-0.1, -0.05) is 11.6 Å². The Balaban J connectivity index is 1.46. The summed E-state index contributed by atoms with van der Waals surface area (Å²) in [5.41, 5.74) is 0. The van der Waals surface area contributed by atoms with Crippen molar-refractivity contribution in [1.82, 2.24) is 14.5 Å². The molecule has 0 saturated carbocycles. The standard InChI is InChI=1S/C19H27ClFN3O4S/c1-28-15-6-10-23(11-7-15)14-4-8-24(9-5-14)19(25)13-22-29(26,27)16-2-3-18(21)17(20)12-16/h2-3,12,14-15,22H,4-11,13H2,1H3. The minimum Gasteiger partial charge on any atom is -0.381 e. The van der Waals surface area contributed by atoms with E-state index in [0.717, 1.165) is 57.0 Å². The van der Waals surface area contributed by atoms with Crippen LogP contribution in [0, 0.1) is 5.82 Å². The van der Waals surface area contributed by atoms with E-state index in [2.05, 4.69) is 9.62 Å². The highest BCUT2D eigenvalue weighted by Crippen LogP contribution is 2.22. The van der Waals surface area contributed by atoms with Gasteiger partial charge in [0.1, 0.15) is 5.82 Å². The number of methoxy groups -OCH3 is 1. The molecule has 0 atom stereocenters. The van der Waals surface area contributed by atoms with E-state index in [4.69, 9.17) is 16.3 Å². The first-order chi connectivity index (χ1) is 13.8. The Labute approximate surface area is 176 Å².